The van der Waals surface area contributed by atoms with E-state index in [0.717, 1.165) is 6.04 Å². The van der Waals surface area contributed by atoms with E-state index in [4.69, 9.17) is 5.73 Å². The molecule has 1 heterocycles. The standard InChI is InChI=1S/C13H26N2/c1-2-12-6-3-4-10-15(12)11-9-13(14)7-5-8-13/h12H,2-11,14H2,1H3. The molecule has 0 amide bonds. The Labute approximate surface area is 94.2 Å². The Balaban J connectivity index is 1.76. The summed E-state index contributed by atoms with van der Waals surface area (Å²) in [5.41, 5.74) is 6.50. The highest BCUT2D eigenvalue weighted by Gasteiger charge is 2.33. The summed E-state index contributed by atoms with van der Waals surface area (Å²) in [5.74, 6) is 0. The quantitative estimate of drug-likeness (QED) is 0.772. The van der Waals surface area contributed by atoms with Crippen molar-refractivity contribution in [3.8, 4) is 0 Å². The Hall–Kier alpha value is -0.0800. The van der Waals surface area contributed by atoms with Crippen LogP contribution in [0.4, 0.5) is 0 Å². The molecule has 2 N–H and O–H groups in total. The van der Waals surface area contributed by atoms with E-state index in [-0.39, 0.29) is 5.54 Å². The van der Waals surface area contributed by atoms with Crippen molar-refractivity contribution in [3.05, 3.63) is 0 Å². The number of piperidine rings is 1. The highest BCUT2D eigenvalue weighted by molar-refractivity contribution is 4.93. The fourth-order valence-corrected chi connectivity index (χ4v) is 3.06. The molecule has 2 nitrogen and oxygen atoms in total. The van der Waals surface area contributed by atoms with Crippen LogP contribution in [0.25, 0.3) is 0 Å². The van der Waals surface area contributed by atoms with Crippen molar-refractivity contribution >= 4 is 0 Å². The molecule has 1 saturated heterocycles. The van der Waals surface area contributed by atoms with E-state index >= 15 is 0 Å². The largest absolute Gasteiger partial charge is 0.325 e. The fourth-order valence-electron chi connectivity index (χ4n) is 3.06. The van der Waals surface area contributed by atoms with Crippen molar-refractivity contribution in [2.45, 2.75) is 69.9 Å². The van der Waals surface area contributed by atoms with Crippen molar-refractivity contribution in [2.24, 2.45) is 5.73 Å². The predicted octanol–water partition coefficient (Wildman–Crippen LogP) is 2.52. The lowest BCUT2D eigenvalue weighted by molar-refractivity contribution is 0.114. The second-order valence-corrected chi connectivity index (χ2v) is 5.56. The van der Waals surface area contributed by atoms with Gasteiger partial charge in [-0.2, -0.15) is 0 Å². The maximum Gasteiger partial charge on any atom is 0.0166 e. The van der Waals surface area contributed by atoms with Crippen molar-refractivity contribution < 1.29 is 0 Å². The predicted molar refractivity (Wildman–Crippen MR) is 64.9 cm³/mol. The van der Waals surface area contributed by atoms with Crippen LogP contribution in [0.5, 0.6) is 0 Å². The molecule has 0 aromatic carbocycles. The minimum Gasteiger partial charge on any atom is -0.325 e. The molecule has 15 heavy (non-hydrogen) atoms. The average molecular weight is 210 g/mol. The normalized spacial score (nSPS) is 31.2. The molecule has 1 unspecified atom stereocenters. The zero-order valence-electron chi connectivity index (χ0n) is 10.2. The van der Waals surface area contributed by atoms with E-state index in [0.29, 0.717) is 0 Å². The van der Waals surface area contributed by atoms with Gasteiger partial charge in [0, 0.05) is 18.1 Å². The minimum absolute atomic E-state index is 0.218. The highest BCUT2D eigenvalue weighted by Crippen LogP contribution is 2.33. The van der Waals surface area contributed by atoms with Gasteiger partial charge in [0.2, 0.25) is 0 Å². The van der Waals surface area contributed by atoms with Crippen LogP contribution in [0.15, 0.2) is 0 Å². The van der Waals surface area contributed by atoms with Crippen LogP contribution in [0.2, 0.25) is 0 Å². The van der Waals surface area contributed by atoms with Crippen molar-refractivity contribution in [1.82, 2.24) is 4.90 Å². The molecule has 2 aliphatic rings. The van der Waals surface area contributed by atoms with Gasteiger partial charge in [0.15, 0.2) is 0 Å². The zero-order chi connectivity index (χ0) is 10.7. The molecule has 1 saturated carbocycles. The lowest BCUT2D eigenvalue weighted by Crippen LogP contribution is -2.50. The maximum atomic E-state index is 6.28. The summed E-state index contributed by atoms with van der Waals surface area (Å²) in [4.78, 5) is 2.69. The second-order valence-electron chi connectivity index (χ2n) is 5.56. The molecule has 88 valence electrons. The Morgan fingerprint density at radius 2 is 2.07 bits per heavy atom. The SMILES string of the molecule is CCC1CCCCN1CCC1(N)CCC1. The minimum atomic E-state index is 0.218. The van der Waals surface area contributed by atoms with Crippen LogP contribution >= 0.6 is 0 Å². The molecule has 0 aromatic rings. The summed E-state index contributed by atoms with van der Waals surface area (Å²) >= 11 is 0. The van der Waals surface area contributed by atoms with Crippen LogP contribution in [-0.2, 0) is 0 Å². The van der Waals surface area contributed by atoms with Gasteiger partial charge in [0.1, 0.15) is 0 Å². The molecule has 1 aliphatic heterocycles. The summed E-state index contributed by atoms with van der Waals surface area (Å²) in [6.07, 6.45) is 10.7. The highest BCUT2D eigenvalue weighted by atomic mass is 15.2. The van der Waals surface area contributed by atoms with Gasteiger partial charge in [-0.25, -0.2) is 0 Å². The monoisotopic (exact) mass is 210 g/mol. The number of rotatable bonds is 4. The first-order valence-electron chi connectivity index (χ1n) is 6.76. The molecule has 2 fully saturated rings. The van der Waals surface area contributed by atoms with Crippen LogP contribution in [0.3, 0.4) is 0 Å². The zero-order valence-corrected chi connectivity index (χ0v) is 10.2. The molecule has 1 atom stereocenters. The summed E-state index contributed by atoms with van der Waals surface area (Å²) in [6, 6.07) is 0.849. The van der Waals surface area contributed by atoms with Gasteiger partial charge in [-0.3, -0.25) is 0 Å². The summed E-state index contributed by atoms with van der Waals surface area (Å²) in [6.45, 7) is 4.88. The molecule has 0 aromatic heterocycles. The van der Waals surface area contributed by atoms with Gasteiger partial charge < -0.3 is 10.6 Å². The first-order valence-corrected chi connectivity index (χ1v) is 6.76. The van der Waals surface area contributed by atoms with E-state index in [9.17, 15) is 0 Å². The fraction of sp³-hybridized carbons (Fsp3) is 1.00. The lowest BCUT2D eigenvalue weighted by Gasteiger charge is -2.42. The van der Waals surface area contributed by atoms with Gasteiger partial charge >= 0.3 is 0 Å². The van der Waals surface area contributed by atoms with E-state index < -0.39 is 0 Å². The molecular formula is C13H26N2. The van der Waals surface area contributed by atoms with E-state index in [1.54, 1.807) is 0 Å². The van der Waals surface area contributed by atoms with Crippen LogP contribution in [0.1, 0.15) is 58.3 Å². The Bertz CT molecular complexity index is 199. The van der Waals surface area contributed by atoms with Gasteiger partial charge in [-0.1, -0.05) is 13.3 Å². The van der Waals surface area contributed by atoms with Crippen molar-refractivity contribution in [1.29, 1.82) is 0 Å². The first kappa shape index (κ1) is 11.4. The van der Waals surface area contributed by atoms with E-state index in [1.807, 2.05) is 0 Å². The molecule has 0 spiro atoms. The summed E-state index contributed by atoms with van der Waals surface area (Å²) in [7, 11) is 0. The third-order valence-electron chi connectivity index (χ3n) is 4.47. The van der Waals surface area contributed by atoms with Gasteiger partial charge in [0.25, 0.3) is 0 Å². The molecule has 2 heteroatoms. The number of nitrogens with two attached hydrogens (primary N) is 1. The summed E-state index contributed by atoms with van der Waals surface area (Å²) < 4.78 is 0. The smallest absolute Gasteiger partial charge is 0.0166 e. The Kier molecular flexibility index (Phi) is 3.68. The van der Waals surface area contributed by atoms with Gasteiger partial charge in [0.05, 0.1) is 0 Å². The average Bonchev–Trinajstić information content (AvgIpc) is 2.24. The first-order chi connectivity index (χ1) is 7.23. The number of hydrogen-bond acceptors (Lipinski definition) is 2. The van der Waals surface area contributed by atoms with E-state index in [2.05, 4.69) is 11.8 Å². The van der Waals surface area contributed by atoms with Crippen molar-refractivity contribution in [3.63, 3.8) is 0 Å². The molecule has 0 bridgehead atoms. The topological polar surface area (TPSA) is 29.3 Å². The van der Waals surface area contributed by atoms with Gasteiger partial charge in [-0.05, 0) is 51.5 Å². The number of likely N-dealkylation sites (tertiary alicyclic amines) is 1. The lowest BCUT2D eigenvalue weighted by atomic mass is 9.75. The van der Waals surface area contributed by atoms with Gasteiger partial charge in [-0.15, -0.1) is 0 Å². The molecular weight excluding hydrogens is 184 g/mol. The Morgan fingerprint density at radius 3 is 2.67 bits per heavy atom. The van der Waals surface area contributed by atoms with Crippen LogP contribution in [-0.4, -0.2) is 29.6 Å². The number of nitrogens with zero attached hydrogens (tertiary/aromatic N) is 1. The maximum absolute atomic E-state index is 6.28. The molecule has 2 rings (SSSR count). The molecule has 1 aliphatic carbocycles. The Morgan fingerprint density at radius 1 is 1.27 bits per heavy atom. The third kappa shape index (κ3) is 2.73. The van der Waals surface area contributed by atoms with E-state index in [1.165, 1.54) is 64.5 Å². The summed E-state index contributed by atoms with van der Waals surface area (Å²) in [5, 5.41) is 0. The molecule has 0 radical (unpaired) electrons. The van der Waals surface area contributed by atoms with Crippen molar-refractivity contribution in [2.75, 3.05) is 13.1 Å². The second kappa shape index (κ2) is 4.84. The number of hydrogen-bond donors (Lipinski definition) is 1. The van der Waals surface area contributed by atoms with Crippen LogP contribution in [0, 0.1) is 0 Å². The third-order valence-corrected chi connectivity index (χ3v) is 4.47. The van der Waals surface area contributed by atoms with Crippen LogP contribution < -0.4 is 5.73 Å².